The van der Waals surface area contributed by atoms with Crippen LogP contribution in [0.4, 0.5) is 5.69 Å². The molecule has 0 bridgehead atoms. The summed E-state index contributed by atoms with van der Waals surface area (Å²) in [5.74, 6) is 1.56. The number of hydrogen-bond acceptors (Lipinski definition) is 3. The van der Waals surface area contributed by atoms with Crippen molar-refractivity contribution in [2.24, 2.45) is 5.92 Å². The van der Waals surface area contributed by atoms with Gasteiger partial charge in [0.15, 0.2) is 0 Å². The van der Waals surface area contributed by atoms with Gasteiger partial charge >= 0.3 is 0 Å². The topological polar surface area (TPSA) is 56.8 Å². The van der Waals surface area contributed by atoms with Crippen LogP contribution in [0, 0.1) is 23.0 Å². The molecule has 0 aromatic heterocycles. The summed E-state index contributed by atoms with van der Waals surface area (Å²) >= 11 is 0. The highest BCUT2D eigenvalue weighted by molar-refractivity contribution is 5.44. The molecule has 1 aliphatic rings. The Morgan fingerprint density at radius 1 is 1.48 bits per heavy atom. The van der Waals surface area contributed by atoms with Gasteiger partial charge in [0.2, 0.25) is 0 Å². The van der Waals surface area contributed by atoms with E-state index in [1.54, 1.807) is 24.0 Å². The molecule has 1 aromatic carbocycles. The van der Waals surface area contributed by atoms with Gasteiger partial charge in [0.05, 0.1) is 31.2 Å². The Morgan fingerprint density at radius 2 is 2.29 bits per heavy atom. The number of aryl methyl sites for hydroxylation is 1. The van der Waals surface area contributed by atoms with Gasteiger partial charge in [-0.2, -0.15) is 0 Å². The third-order valence-corrected chi connectivity index (χ3v) is 4.17. The van der Waals surface area contributed by atoms with Crippen LogP contribution in [0.2, 0.25) is 0 Å². The van der Waals surface area contributed by atoms with Crippen LogP contribution in [0.3, 0.4) is 0 Å². The molecule has 116 valence electrons. The van der Waals surface area contributed by atoms with Crippen molar-refractivity contribution in [3.63, 3.8) is 0 Å². The molecule has 0 saturated carbocycles. The first-order valence-electron chi connectivity index (χ1n) is 7.77. The molecule has 0 amide bonds. The summed E-state index contributed by atoms with van der Waals surface area (Å²) in [4.78, 5) is 12.1. The molecule has 1 fully saturated rings. The third-order valence-electron chi connectivity index (χ3n) is 4.17. The van der Waals surface area contributed by atoms with Gasteiger partial charge in [-0.05, 0) is 31.9 Å². The number of hydrogen-bond donors (Lipinski definition) is 1. The smallest absolute Gasteiger partial charge is 0.272 e. The fraction of sp³-hybridized carbons (Fsp3) is 0.625. The molecule has 0 spiro atoms. The van der Waals surface area contributed by atoms with E-state index in [2.05, 4.69) is 6.92 Å². The molecule has 0 aliphatic carbocycles. The van der Waals surface area contributed by atoms with Crippen LogP contribution in [0.1, 0.15) is 31.7 Å². The minimum atomic E-state index is -0.361. The number of nitrogens with one attached hydrogen (secondary N) is 1. The van der Waals surface area contributed by atoms with Crippen molar-refractivity contribution in [1.29, 1.82) is 0 Å². The molecule has 1 unspecified atom stereocenters. The molecular weight excluding hydrogens is 268 g/mol. The first-order chi connectivity index (χ1) is 10.1. The summed E-state index contributed by atoms with van der Waals surface area (Å²) in [7, 11) is 0. The second-order valence-corrected chi connectivity index (χ2v) is 6.11. The molecule has 2 rings (SSSR count). The molecule has 0 radical (unpaired) electrons. The summed E-state index contributed by atoms with van der Waals surface area (Å²) in [5.41, 5.74) is 0.794. The van der Waals surface area contributed by atoms with Crippen LogP contribution in [-0.4, -0.2) is 31.2 Å². The lowest BCUT2D eigenvalue weighted by Crippen LogP contribution is -3.13. The number of likely N-dealkylation sites (tertiary alicyclic amines) is 1. The minimum absolute atomic E-state index is 0.147. The van der Waals surface area contributed by atoms with Crippen LogP contribution < -0.4 is 9.64 Å². The summed E-state index contributed by atoms with van der Waals surface area (Å²) in [6.45, 7) is 8.45. The van der Waals surface area contributed by atoms with Crippen molar-refractivity contribution in [1.82, 2.24) is 0 Å². The zero-order chi connectivity index (χ0) is 15.2. The number of piperidine rings is 1. The van der Waals surface area contributed by atoms with E-state index in [9.17, 15) is 10.1 Å². The molecule has 1 heterocycles. The molecule has 1 aromatic rings. The first kappa shape index (κ1) is 15.8. The van der Waals surface area contributed by atoms with E-state index in [0.717, 1.165) is 24.6 Å². The molecule has 1 saturated heterocycles. The van der Waals surface area contributed by atoms with Gasteiger partial charge < -0.3 is 9.64 Å². The number of quaternary nitrogens is 1. The van der Waals surface area contributed by atoms with Gasteiger partial charge in [0.25, 0.3) is 5.69 Å². The Kier molecular flexibility index (Phi) is 5.56. The second kappa shape index (κ2) is 7.41. The highest BCUT2D eigenvalue weighted by atomic mass is 16.6. The Balaban J connectivity index is 1.73. The zero-order valence-corrected chi connectivity index (χ0v) is 12.9. The number of nitro benzene ring substituents is 1. The minimum Gasteiger partial charge on any atom is -0.493 e. The number of ether oxygens (including phenoxy) is 1. The Morgan fingerprint density at radius 3 is 2.95 bits per heavy atom. The number of nitrogens with zero attached hydrogens (tertiary/aromatic N) is 1. The predicted molar refractivity (Wildman–Crippen MR) is 81.9 cm³/mol. The van der Waals surface area contributed by atoms with E-state index in [-0.39, 0.29) is 10.6 Å². The number of nitro groups is 1. The molecule has 2 atom stereocenters. The van der Waals surface area contributed by atoms with Crippen molar-refractivity contribution in [3.05, 3.63) is 33.9 Å². The fourth-order valence-corrected chi connectivity index (χ4v) is 3.06. The van der Waals surface area contributed by atoms with Gasteiger partial charge in [0.1, 0.15) is 5.75 Å². The van der Waals surface area contributed by atoms with Crippen molar-refractivity contribution in [2.75, 3.05) is 26.2 Å². The van der Waals surface area contributed by atoms with E-state index in [1.165, 1.54) is 32.0 Å². The van der Waals surface area contributed by atoms with Crippen molar-refractivity contribution in [2.45, 2.75) is 33.1 Å². The van der Waals surface area contributed by atoms with Crippen molar-refractivity contribution in [3.8, 4) is 5.75 Å². The van der Waals surface area contributed by atoms with Gasteiger partial charge in [-0.15, -0.1) is 0 Å². The van der Waals surface area contributed by atoms with E-state index < -0.39 is 0 Å². The third kappa shape index (κ3) is 4.70. The van der Waals surface area contributed by atoms with Gasteiger partial charge in [-0.1, -0.05) is 6.92 Å². The second-order valence-electron chi connectivity index (χ2n) is 6.11. The molecule has 1 N–H and O–H groups in total. The van der Waals surface area contributed by atoms with Gasteiger partial charge in [0, 0.05) is 24.0 Å². The Hall–Kier alpha value is -1.62. The highest BCUT2D eigenvalue weighted by Gasteiger charge is 2.18. The van der Waals surface area contributed by atoms with E-state index in [1.807, 2.05) is 0 Å². The van der Waals surface area contributed by atoms with Gasteiger partial charge in [-0.3, -0.25) is 10.1 Å². The highest BCUT2D eigenvalue weighted by Crippen LogP contribution is 2.22. The maximum Gasteiger partial charge on any atom is 0.272 e. The van der Waals surface area contributed by atoms with Crippen LogP contribution in [0.15, 0.2) is 18.2 Å². The normalized spacial score (nSPS) is 22.0. The summed E-state index contributed by atoms with van der Waals surface area (Å²) in [6, 6.07) is 4.94. The average molecular weight is 293 g/mol. The molecule has 5 nitrogen and oxygen atoms in total. The summed E-state index contributed by atoms with van der Waals surface area (Å²) < 4.78 is 5.70. The maximum absolute atomic E-state index is 10.8. The summed E-state index contributed by atoms with van der Waals surface area (Å²) in [5, 5.41) is 10.8. The molecule has 1 aliphatic heterocycles. The van der Waals surface area contributed by atoms with Crippen molar-refractivity contribution < 1.29 is 14.6 Å². The lowest BCUT2D eigenvalue weighted by molar-refractivity contribution is -0.908. The number of benzene rings is 1. The monoisotopic (exact) mass is 293 g/mol. The first-order valence-corrected chi connectivity index (χ1v) is 7.77. The maximum atomic E-state index is 10.8. The SMILES string of the molecule is Cc1cc(OCCC[NH+]2CCC[C@H](C)C2)ccc1[N+](=O)[O-]. The molecular formula is C16H25N2O3+. The average Bonchev–Trinajstić information content (AvgIpc) is 2.43. The lowest BCUT2D eigenvalue weighted by atomic mass is 10.0. The van der Waals surface area contributed by atoms with Crippen LogP contribution in [0.25, 0.3) is 0 Å². The predicted octanol–water partition coefficient (Wildman–Crippen LogP) is 1.99. The van der Waals surface area contributed by atoms with Crippen molar-refractivity contribution >= 4 is 5.69 Å². The van der Waals surface area contributed by atoms with Crippen LogP contribution in [-0.2, 0) is 0 Å². The van der Waals surface area contributed by atoms with Crippen LogP contribution in [0.5, 0.6) is 5.75 Å². The van der Waals surface area contributed by atoms with E-state index >= 15 is 0 Å². The van der Waals surface area contributed by atoms with Crippen LogP contribution >= 0.6 is 0 Å². The standard InChI is InChI=1S/C16H24N2O3/c1-13-5-3-8-17(12-13)9-4-10-21-15-6-7-16(18(19)20)14(2)11-15/h6-7,11,13H,3-5,8-10,12H2,1-2H3/p+1/t13-/m0/s1. The van der Waals surface area contributed by atoms with E-state index in [4.69, 9.17) is 4.74 Å². The lowest BCUT2D eigenvalue weighted by Gasteiger charge is -2.27. The largest absolute Gasteiger partial charge is 0.493 e. The summed E-state index contributed by atoms with van der Waals surface area (Å²) in [6.07, 6.45) is 3.72. The Bertz CT molecular complexity index is 490. The fourth-order valence-electron chi connectivity index (χ4n) is 3.06. The zero-order valence-electron chi connectivity index (χ0n) is 12.9. The number of rotatable bonds is 6. The molecule has 5 heteroatoms. The van der Waals surface area contributed by atoms with E-state index in [0.29, 0.717) is 12.2 Å². The van der Waals surface area contributed by atoms with Gasteiger partial charge in [-0.25, -0.2) is 0 Å². The molecule has 21 heavy (non-hydrogen) atoms. The quantitative estimate of drug-likeness (QED) is 0.496. The Labute approximate surface area is 126 Å².